The zero-order valence-corrected chi connectivity index (χ0v) is 32.9. The minimum absolute atomic E-state index is 0.00135. The summed E-state index contributed by atoms with van der Waals surface area (Å²) in [6.45, 7) is 0. The van der Waals surface area contributed by atoms with E-state index in [2.05, 4.69) is 4.98 Å². The predicted molar refractivity (Wildman–Crippen MR) is 217 cm³/mol. The summed E-state index contributed by atoms with van der Waals surface area (Å²) in [4.78, 5) is 63.3. The van der Waals surface area contributed by atoms with E-state index in [9.17, 15) is 5.11 Å². The van der Waals surface area contributed by atoms with Crippen molar-refractivity contribution in [3.63, 3.8) is 0 Å². The van der Waals surface area contributed by atoms with Crippen molar-refractivity contribution in [2.75, 3.05) is 28.4 Å². The normalized spacial score (nSPS) is 22.3. The smallest absolute Gasteiger partial charge is 0.235 e. The maximum absolute atomic E-state index is 16.3. The Bertz CT molecular complexity index is 2500. The molecule has 6 aromatic rings. The van der Waals surface area contributed by atoms with Gasteiger partial charge in [-0.1, -0.05) is 54.6 Å². The minimum atomic E-state index is -1.57. The van der Waals surface area contributed by atoms with Crippen LogP contribution in [0.25, 0.3) is 0 Å². The number of ketones is 2. The van der Waals surface area contributed by atoms with E-state index in [-0.39, 0.29) is 29.2 Å². The van der Waals surface area contributed by atoms with Crippen LogP contribution in [0.4, 0.5) is 0 Å². The second-order valence-electron chi connectivity index (χ2n) is 14.5. The molecule has 0 radical (unpaired) electrons. The Morgan fingerprint density at radius 2 is 1.27 bits per heavy atom. The van der Waals surface area contributed by atoms with E-state index in [1.54, 1.807) is 90.2 Å². The Morgan fingerprint density at radius 1 is 0.661 bits per heavy atom. The lowest BCUT2D eigenvalue weighted by atomic mass is 9.62. The van der Waals surface area contributed by atoms with Gasteiger partial charge in [0.2, 0.25) is 5.91 Å². The molecule has 8 rings (SSSR count). The second kappa shape index (κ2) is 16.0. The average molecular weight is 791 g/mol. The van der Waals surface area contributed by atoms with Crippen LogP contribution < -0.4 is 18.9 Å². The fraction of sp³-hybridized carbons (Fsp3) is 0.234. The van der Waals surface area contributed by atoms with Crippen LogP contribution in [0, 0.1) is 11.8 Å². The molecule has 5 heterocycles. The third-order valence-electron chi connectivity index (χ3n) is 11.7. The first-order valence-electron chi connectivity index (χ1n) is 19.2. The van der Waals surface area contributed by atoms with Crippen LogP contribution in [-0.2, 0) is 10.3 Å². The van der Waals surface area contributed by atoms with Crippen LogP contribution in [0.15, 0.2) is 134 Å². The van der Waals surface area contributed by atoms with Crippen molar-refractivity contribution in [2.45, 2.75) is 29.8 Å². The maximum atomic E-state index is 16.3. The standard InChI is InChI=1S/C47H42N4O8/c1-56-35-21-13-16-28(44(35)58-3)31-27-47(37-23-9-12-26-50-37)40(43(54)33-19-8-11-25-49-33)38(30-17-14-22-36(57-2)45(30)59-4)41(32-18-7-10-24-48-32)51(47)46(55)39(31)42(53)29-15-5-6-20-34(29)52/h5-26,31,38-41,52H,27H2,1-4H3/t31-,38+,39+,40-,41-,47+/m1/s1. The Morgan fingerprint density at radius 3 is 1.86 bits per heavy atom. The van der Waals surface area contributed by atoms with Crippen LogP contribution in [-0.4, -0.2) is 70.9 Å². The van der Waals surface area contributed by atoms with Crippen molar-refractivity contribution in [3.8, 4) is 28.7 Å². The molecule has 12 nitrogen and oxygen atoms in total. The Hall–Kier alpha value is -7.08. The summed E-state index contributed by atoms with van der Waals surface area (Å²) in [5, 5.41) is 11.1. The highest BCUT2D eigenvalue weighted by molar-refractivity contribution is 6.13. The number of rotatable bonds is 12. The molecular formula is C47H42N4O8. The third kappa shape index (κ3) is 6.31. The molecule has 1 N–H and O–H groups in total. The SMILES string of the molecule is COc1cccc([C@@H]2[C@@H](c3ccccn3)N3C(=O)[C@H](C(=O)c4ccccc4O)[C@@H](c4cccc(OC)c4OC)C[C@]3(c3ccccn3)[C@H]2C(=O)c2ccccn2)c1OC. The number of carbonyl (C=O) groups is 3. The average Bonchev–Trinajstić information content (AvgIpc) is 3.61. The van der Waals surface area contributed by atoms with Gasteiger partial charge in [-0.25, -0.2) is 0 Å². The van der Waals surface area contributed by atoms with Gasteiger partial charge >= 0.3 is 0 Å². The summed E-state index contributed by atoms with van der Waals surface area (Å²) < 4.78 is 23.7. The van der Waals surface area contributed by atoms with Crippen LogP contribution in [0.2, 0.25) is 0 Å². The fourth-order valence-corrected chi connectivity index (χ4v) is 9.46. The molecule has 2 aliphatic heterocycles. The van der Waals surface area contributed by atoms with E-state index in [1.165, 1.54) is 40.6 Å². The number of hydrogen-bond acceptors (Lipinski definition) is 11. The lowest BCUT2D eigenvalue weighted by Crippen LogP contribution is -2.59. The van der Waals surface area contributed by atoms with Crippen molar-refractivity contribution in [2.24, 2.45) is 11.8 Å². The number of phenols is 1. The molecule has 59 heavy (non-hydrogen) atoms. The highest BCUT2D eigenvalue weighted by Gasteiger charge is 2.70. The van der Waals surface area contributed by atoms with Gasteiger partial charge in [0.1, 0.15) is 17.4 Å². The van der Waals surface area contributed by atoms with Gasteiger partial charge in [-0.05, 0) is 67.1 Å². The van der Waals surface area contributed by atoms with Crippen LogP contribution >= 0.6 is 0 Å². The molecule has 298 valence electrons. The number of methoxy groups -OCH3 is 4. The van der Waals surface area contributed by atoms with Gasteiger partial charge in [0, 0.05) is 41.6 Å². The van der Waals surface area contributed by atoms with Crippen LogP contribution in [0.3, 0.4) is 0 Å². The zero-order chi connectivity index (χ0) is 41.3. The van der Waals surface area contributed by atoms with Gasteiger partial charge in [0.05, 0.1) is 62.9 Å². The number of aromatic nitrogens is 3. The van der Waals surface area contributed by atoms with Gasteiger partial charge in [-0.3, -0.25) is 29.3 Å². The van der Waals surface area contributed by atoms with Gasteiger partial charge < -0.3 is 29.0 Å². The van der Waals surface area contributed by atoms with Gasteiger partial charge in [0.25, 0.3) is 0 Å². The lowest BCUT2D eigenvalue weighted by Gasteiger charge is -2.51. The van der Waals surface area contributed by atoms with Crippen molar-refractivity contribution in [3.05, 3.63) is 168 Å². The summed E-state index contributed by atoms with van der Waals surface area (Å²) in [5.74, 6) is -4.68. The maximum Gasteiger partial charge on any atom is 0.235 e. The first kappa shape index (κ1) is 38.8. The predicted octanol–water partition coefficient (Wildman–Crippen LogP) is 7.36. The Kier molecular flexibility index (Phi) is 10.5. The van der Waals surface area contributed by atoms with E-state index in [0.717, 1.165) is 0 Å². The van der Waals surface area contributed by atoms with Crippen LogP contribution in [0.5, 0.6) is 28.7 Å². The van der Waals surface area contributed by atoms with Crippen molar-refractivity contribution in [1.29, 1.82) is 0 Å². The van der Waals surface area contributed by atoms with E-state index >= 15 is 14.4 Å². The molecule has 1 amide bonds. The van der Waals surface area contributed by atoms with Gasteiger partial charge in [-0.15, -0.1) is 0 Å². The van der Waals surface area contributed by atoms with Crippen LogP contribution in [0.1, 0.15) is 67.7 Å². The monoisotopic (exact) mass is 790 g/mol. The number of para-hydroxylation sites is 3. The van der Waals surface area contributed by atoms with E-state index in [1.807, 2.05) is 36.4 Å². The molecule has 2 saturated heterocycles. The Balaban J connectivity index is 1.52. The number of phenolic OH excluding ortho intramolecular Hbond substituents is 1. The number of hydrogen-bond donors (Lipinski definition) is 1. The molecule has 2 fully saturated rings. The summed E-state index contributed by atoms with van der Waals surface area (Å²) in [6, 6.07) is 31.9. The summed E-state index contributed by atoms with van der Waals surface area (Å²) in [5.41, 5.74) is 0.563. The van der Waals surface area contributed by atoms with E-state index in [4.69, 9.17) is 28.9 Å². The van der Waals surface area contributed by atoms with E-state index < -0.39 is 46.9 Å². The summed E-state index contributed by atoms with van der Waals surface area (Å²) >= 11 is 0. The quantitative estimate of drug-likeness (QED) is 0.0979. The zero-order valence-electron chi connectivity index (χ0n) is 32.9. The number of pyridine rings is 3. The second-order valence-corrected chi connectivity index (χ2v) is 14.5. The fourth-order valence-electron chi connectivity index (χ4n) is 9.46. The molecular weight excluding hydrogens is 749 g/mol. The summed E-state index contributed by atoms with van der Waals surface area (Å²) in [7, 11) is 6.07. The summed E-state index contributed by atoms with van der Waals surface area (Å²) in [6.07, 6.45) is 4.82. The topological polar surface area (TPSA) is 150 Å². The number of aromatic hydroxyl groups is 1. The molecule has 0 unspecified atom stereocenters. The molecule has 0 aliphatic carbocycles. The van der Waals surface area contributed by atoms with Crippen molar-refractivity contribution >= 4 is 17.5 Å². The lowest BCUT2D eigenvalue weighted by molar-refractivity contribution is -0.149. The first-order valence-corrected chi connectivity index (χ1v) is 19.2. The number of nitrogens with zero attached hydrogens (tertiary/aromatic N) is 4. The largest absolute Gasteiger partial charge is 0.507 e. The molecule has 3 aromatic carbocycles. The molecule has 6 atom stereocenters. The minimum Gasteiger partial charge on any atom is -0.507 e. The number of ether oxygens (including phenoxy) is 4. The Labute approximate surface area is 341 Å². The number of amides is 1. The number of Topliss-reactive ketones (excluding diaryl/α,β-unsaturated/α-hetero) is 2. The molecule has 0 saturated carbocycles. The molecule has 0 bridgehead atoms. The number of piperidine rings is 1. The molecule has 2 aliphatic rings. The number of fused-ring (bicyclic) bond motifs is 1. The molecule has 0 spiro atoms. The molecule has 12 heteroatoms. The molecule has 3 aromatic heterocycles. The highest BCUT2D eigenvalue weighted by Crippen LogP contribution is 2.67. The van der Waals surface area contributed by atoms with E-state index in [0.29, 0.717) is 45.5 Å². The highest BCUT2D eigenvalue weighted by atomic mass is 16.5. The van der Waals surface area contributed by atoms with Crippen molar-refractivity contribution < 1.29 is 38.4 Å². The van der Waals surface area contributed by atoms with Gasteiger partial charge in [-0.2, -0.15) is 0 Å². The first-order chi connectivity index (χ1) is 28.8. The third-order valence-corrected chi connectivity index (χ3v) is 11.7. The van der Waals surface area contributed by atoms with Gasteiger partial charge in [0.15, 0.2) is 34.6 Å². The number of benzene rings is 3. The number of carbonyl (C=O) groups excluding carboxylic acids is 3. The van der Waals surface area contributed by atoms with Crippen molar-refractivity contribution in [1.82, 2.24) is 19.9 Å².